The number of carbonyl (C=O) groups is 1. The van der Waals surface area contributed by atoms with Crippen LogP contribution in [-0.4, -0.2) is 18.5 Å². The number of amides is 1. The van der Waals surface area contributed by atoms with Gasteiger partial charge in [-0.05, 0) is 62.8 Å². The number of hydrogen-bond acceptors (Lipinski definition) is 2. The lowest BCUT2D eigenvalue weighted by molar-refractivity contribution is 0.0956. The van der Waals surface area contributed by atoms with Crippen LogP contribution < -0.4 is 10.6 Å². The molecule has 3 heteroatoms. The average molecular weight is 288 g/mol. The number of rotatable bonds is 4. The fourth-order valence-corrected chi connectivity index (χ4v) is 3.08. The van der Waals surface area contributed by atoms with Crippen molar-refractivity contribution >= 4 is 11.6 Å². The maximum atomic E-state index is 11.8. The number of nitrogens with one attached hydrogen (secondary N) is 2. The van der Waals surface area contributed by atoms with Crippen LogP contribution in [0.15, 0.2) is 18.2 Å². The number of benzene rings is 1. The van der Waals surface area contributed by atoms with Crippen molar-refractivity contribution in [2.75, 3.05) is 11.9 Å². The molecule has 1 aromatic rings. The van der Waals surface area contributed by atoms with E-state index >= 15 is 0 Å². The highest BCUT2D eigenvalue weighted by atomic mass is 16.1. The van der Waals surface area contributed by atoms with Crippen molar-refractivity contribution in [3.63, 3.8) is 0 Å². The molecule has 1 aromatic carbocycles. The van der Waals surface area contributed by atoms with Gasteiger partial charge in [0.15, 0.2) is 0 Å². The van der Waals surface area contributed by atoms with Gasteiger partial charge in [0.05, 0.1) is 0 Å². The highest BCUT2D eigenvalue weighted by molar-refractivity contribution is 5.94. The Morgan fingerprint density at radius 2 is 2.05 bits per heavy atom. The third-order valence-corrected chi connectivity index (χ3v) is 4.44. The summed E-state index contributed by atoms with van der Waals surface area (Å²) in [5.41, 5.74) is 3.06. The fraction of sp³-hybridized carbons (Fsp3) is 0.611. The van der Waals surface area contributed by atoms with Crippen LogP contribution in [0.2, 0.25) is 0 Å². The Morgan fingerprint density at radius 3 is 2.76 bits per heavy atom. The van der Waals surface area contributed by atoms with Gasteiger partial charge in [-0.15, -0.1) is 0 Å². The summed E-state index contributed by atoms with van der Waals surface area (Å²) in [5.74, 6) is 0.869. The van der Waals surface area contributed by atoms with Crippen LogP contribution >= 0.6 is 0 Å². The van der Waals surface area contributed by atoms with Crippen LogP contribution in [0.25, 0.3) is 0 Å². The topological polar surface area (TPSA) is 41.1 Å². The number of carbonyl (C=O) groups excluding carboxylic acids is 1. The van der Waals surface area contributed by atoms with E-state index in [1.165, 1.54) is 37.8 Å². The first kappa shape index (κ1) is 15.9. The van der Waals surface area contributed by atoms with Crippen molar-refractivity contribution in [1.29, 1.82) is 0 Å². The Balaban J connectivity index is 2.02. The maximum absolute atomic E-state index is 11.8. The zero-order chi connectivity index (χ0) is 15.2. The molecule has 2 rings (SSSR count). The molecule has 1 saturated carbocycles. The second kappa shape index (κ2) is 7.48. The molecule has 0 aliphatic heterocycles. The minimum absolute atomic E-state index is 0.00967. The molecule has 1 aliphatic carbocycles. The van der Waals surface area contributed by atoms with Crippen LogP contribution in [-0.2, 0) is 0 Å². The first-order chi connectivity index (χ1) is 10.1. The van der Waals surface area contributed by atoms with Crippen molar-refractivity contribution < 1.29 is 4.79 Å². The molecule has 2 unspecified atom stereocenters. The molecule has 0 bridgehead atoms. The predicted octanol–water partition coefficient (Wildman–Crippen LogP) is 4.13. The van der Waals surface area contributed by atoms with Crippen molar-refractivity contribution in [3.8, 4) is 0 Å². The van der Waals surface area contributed by atoms with Crippen molar-refractivity contribution in [1.82, 2.24) is 5.32 Å². The fourth-order valence-electron chi connectivity index (χ4n) is 3.08. The zero-order valence-electron chi connectivity index (χ0n) is 13.5. The summed E-state index contributed by atoms with van der Waals surface area (Å²) in [5, 5.41) is 6.52. The average Bonchev–Trinajstić information content (AvgIpc) is 2.66. The second-order valence-electron chi connectivity index (χ2n) is 6.34. The lowest BCUT2D eigenvalue weighted by Gasteiger charge is -2.20. The Hall–Kier alpha value is -1.51. The summed E-state index contributed by atoms with van der Waals surface area (Å²) in [7, 11) is 0. The molecule has 1 aliphatic rings. The molecular formula is C18H28N2O. The molecule has 116 valence electrons. The summed E-state index contributed by atoms with van der Waals surface area (Å²) in [6, 6.07) is 6.52. The summed E-state index contributed by atoms with van der Waals surface area (Å²) in [4.78, 5) is 11.8. The Bertz CT molecular complexity index is 484. The molecule has 0 aromatic heterocycles. The van der Waals surface area contributed by atoms with Crippen LogP contribution in [0.5, 0.6) is 0 Å². The van der Waals surface area contributed by atoms with Gasteiger partial charge in [0.25, 0.3) is 5.91 Å². The zero-order valence-corrected chi connectivity index (χ0v) is 13.5. The van der Waals surface area contributed by atoms with Gasteiger partial charge in [0.1, 0.15) is 0 Å². The van der Waals surface area contributed by atoms with E-state index in [2.05, 4.69) is 24.5 Å². The van der Waals surface area contributed by atoms with Crippen LogP contribution in [0, 0.1) is 12.8 Å². The van der Waals surface area contributed by atoms with Gasteiger partial charge in [0.2, 0.25) is 0 Å². The van der Waals surface area contributed by atoms with E-state index in [0.717, 1.165) is 17.0 Å². The van der Waals surface area contributed by atoms with E-state index in [9.17, 15) is 4.79 Å². The van der Waals surface area contributed by atoms with E-state index in [0.29, 0.717) is 12.6 Å². The predicted molar refractivity (Wildman–Crippen MR) is 88.8 cm³/mol. The highest BCUT2D eigenvalue weighted by Crippen LogP contribution is 2.26. The van der Waals surface area contributed by atoms with Gasteiger partial charge < -0.3 is 10.6 Å². The van der Waals surface area contributed by atoms with Gasteiger partial charge >= 0.3 is 0 Å². The smallest absolute Gasteiger partial charge is 0.251 e. The molecule has 0 radical (unpaired) electrons. The van der Waals surface area contributed by atoms with Crippen LogP contribution in [0.3, 0.4) is 0 Å². The highest BCUT2D eigenvalue weighted by Gasteiger charge is 2.16. The van der Waals surface area contributed by atoms with Crippen LogP contribution in [0.4, 0.5) is 5.69 Å². The molecule has 3 nitrogen and oxygen atoms in total. The first-order valence-corrected chi connectivity index (χ1v) is 8.25. The monoisotopic (exact) mass is 288 g/mol. The van der Waals surface area contributed by atoms with E-state index in [-0.39, 0.29) is 5.91 Å². The summed E-state index contributed by atoms with van der Waals surface area (Å²) >= 11 is 0. The maximum Gasteiger partial charge on any atom is 0.251 e. The van der Waals surface area contributed by atoms with Gasteiger partial charge in [-0.3, -0.25) is 4.79 Å². The third kappa shape index (κ3) is 4.48. The summed E-state index contributed by atoms with van der Waals surface area (Å²) in [6.45, 7) is 7.03. The third-order valence-electron chi connectivity index (χ3n) is 4.44. The standard InChI is InChI=1S/C18H28N2O/c1-4-19-18(21)15-9-11-17(14(3)12-15)20-16-7-5-6-13(2)8-10-16/h9,11-13,16,20H,4-8,10H2,1-3H3,(H,19,21). The summed E-state index contributed by atoms with van der Waals surface area (Å²) < 4.78 is 0. The molecule has 1 amide bonds. The van der Waals surface area contributed by atoms with E-state index in [1.54, 1.807) is 0 Å². The molecule has 2 N–H and O–H groups in total. The molecule has 2 atom stereocenters. The lowest BCUT2D eigenvalue weighted by atomic mass is 10.0. The van der Waals surface area contributed by atoms with E-state index in [1.807, 2.05) is 25.1 Å². The van der Waals surface area contributed by atoms with Gasteiger partial charge in [0, 0.05) is 23.8 Å². The lowest BCUT2D eigenvalue weighted by Crippen LogP contribution is -2.23. The van der Waals surface area contributed by atoms with E-state index in [4.69, 9.17) is 0 Å². The van der Waals surface area contributed by atoms with Gasteiger partial charge in [-0.2, -0.15) is 0 Å². The Kier molecular flexibility index (Phi) is 5.66. The molecular weight excluding hydrogens is 260 g/mol. The van der Waals surface area contributed by atoms with E-state index < -0.39 is 0 Å². The molecule has 0 spiro atoms. The van der Waals surface area contributed by atoms with Crippen molar-refractivity contribution in [2.24, 2.45) is 5.92 Å². The van der Waals surface area contributed by atoms with Crippen molar-refractivity contribution in [3.05, 3.63) is 29.3 Å². The minimum Gasteiger partial charge on any atom is -0.382 e. The second-order valence-corrected chi connectivity index (χ2v) is 6.34. The Morgan fingerprint density at radius 1 is 1.24 bits per heavy atom. The SMILES string of the molecule is CCNC(=O)c1ccc(NC2CCCC(C)CC2)c(C)c1. The largest absolute Gasteiger partial charge is 0.382 e. The summed E-state index contributed by atoms with van der Waals surface area (Å²) in [6.07, 6.45) is 6.48. The number of hydrogen-bond donors (Lipinski definition) is 2. The minimum atomic E-state index is 0.00967. The molecule has 0 heterocycles. The van der Waals surface area contributed by atoms with Gasteiger partial charge in [-0.25, -0.2) is 0 Å². The molecule has 0 saturated heterocycles. The van der Waals surface area contributed by atoms with Gasteiger partial charge in [-0.1, -0.05) is 19.8 Å². The normalized spacial score (nSPS) is 22.4. The Labute approximate surface area is 128 Å². The quantitative estimate of drug-likeness (QED) is 0.818. The number of anilines is 1. The number of aryl methyl sites for hydroxylation is 1. The van der Waals surface area contributed by atoms with Crippen molar-refractivity contribution in [2.45, 2.75) is 58.9 Å². The molecule has 21 heavy (non-hydrogen) atoms. The molecule has 1 fully saturated rings. The first-order valence-electron chi connectivity index (χ1n) is 8.25. The van der Waals surface area contributed by atoms with Crippen LogP contribution in [0.1, 0.15) is 61.9 Å².